The molecule has 112 valence electrons. The Morgan fingerprint density at radius 2 is 1.82 bits per heavy atom. The number of aromatic amines is 1. The molecule has 0 aromatic carbocycles. The van der Waals surface area contributed by atoms with Crippen molar-refractivity contribution < 1.29 is 11.0 Å². The van der Waals surface area contributed by atoms with Gasteiger partial charge >= 0.3 is 0 Å². The van der Waals surface area contributed by atoms with Crippen LogP contribution in [-0.4, -0.2) is 21.1 Å². The van der Waals surface area contributed by atoms with E-state index in [9.17, 15) is 19.2 Å². The third kappa shape index (κ3) is 1.67. The summed E-state index contributed by atoms with van der Waals surface area (Å²) in [4.78, 5) is 51.4. The molecule has 0 saturated heterocycles. The molecule has 0 atom stereocenters. The van der Waals surface area contributed by atoms with E-state index in [2.05, 4.69) is 11.6 Å². The number of nitrogens with zero attached hydrogens (tertiary/aromatic N) is 1. The number of H-pyrrole nitrogens is 1. The van der Waals surface area contributed by atoms with Gasteiger partial charge in [0.1, 0.15) is 11.4 Å². The topological polar surface area (TPSA) is 89.0 Å². The van der Waals surface area contributed by atoms with E-state index in [1.165, 1.54) is 25.3 Å². The molecular formula is C16H14N2O4. The quantitative estimate of drug-likeness (QED) is 0.727. The van der Waals surface area contributed by atoms with Crippen molar-refractivity contribution in [3.63, 3.8) is 0 Å². The number of hydrogen-bond donors (Lipinski definition) is 1. The highest BCUT2D eigenvalue weighted by Crippen LogP contribution is 2.28. The molecular weight excluding hydrogens is 284 g/mol. The first-order valence-electron chi connectivity index (χ1n) is 6.56. The monoisotopic (exact) mass is 298 g/mol. The highest BCUT2D eigenvalue weighted by atomic mass is 16.2. The molecule has 0 amide bonds. The minimum absolute atomic E-state index is 0. The lowest BCUT2D eigenvalue weighted by atomic mass is 9.85. The molecule has 1 aliphatic carbocycles. The highest BCUT2D eigenvalue weighted by Gasteiger charge is 2.35. The van der Waals surface area contributed by atoms with Crippen molar-refractivity contribution in [3.8, 4) is 0 Å². The number of carbonyl (C=O) groups excluding carboxylic acids is 2. The Balaban J connectivity index is 0.00000192. The van der Waals surface area contributed by atoms with Crippen molar-refractivity contribution >= 4 is 17.6 Å². The van der Waals surface area contributed by atoms with Crippen LogP contribution in [0, 0.1) is 6.92 Å². The molecule has 2 heterocycles. The summed E-state index contributed by atoms with van der Waals surface area (Å²) in [5.74, 6) is -0.947. The van der Waals surface area contributed by atoms with Gasteiger partial charge in [0, 0.05) is 20.6 Å². The first kappa shape index (κ1) is 13.9. The van der Waals surface area contributed by atoms with Crippen LogP contribution in [0.5, 0.6) is 0 Å². The molecule has 0 saturated carbocycles. The predicted molar refractivity (Wildman–Crippen MR) is 82.6 cm³/mol. The van der Waals surface area contributed by atoms with E-state index in [0.717, 1.165) is 4.57 Å². The van der Waals surface area contributed by atoms with Gasteiger partial charge in [-0.3, -0.25) is 19.2 Å². The van der Waals surface area contributed by atoms with Crippen molar-refractivity contribution in [2.75, 3.05) is 0 Å². The summed E-state index contributed by atoms with van der Waals surface area (Å²) >= 11 is 0. The zero-order valence-electron chi connectivity index (χ0n) is 12.0. The van der Waals surface area contributed by atoms with Crippen LogP contribution in [0.4, 0.5) is 0 Å². The van der Waals surface area contributed by atoms with E-state index in [-0.39, 0.29) is 23.9 Å². The molecule has 0 unspecified atom stereocenters. The lowest BCUT2D eigenvalue weighted by Gasteiger charge is -2.22. The molecule has 2 aromatic rings. The summed E-state index contributed by atoms with van der Waals surface area (Å²) in [7, 11) is 1.41. The molecule has 1 aliphatic rings. The van der Waals surface area contributed by atoms with Crippen LogP contribution in [0.25, 0.3) is 6.08 Å². The first-order chi connectivity index (χ1) is 10.4. The number of fused-ring (bicyclic) bond motifs is 2. The molecule has 0 bridgehead atoms. The molecule has 2 aromatic heterocycles. The van der Waals surface area contributed by atoms with Gasteiger partial charge in [-0.1, -0.05) is 12.7 Å². The SMILES string of the molecule is C=Cc1cc(=O)n(C)c2c1C(=O)c1c(C)cc(=O)[nH]c1C2=O.[HH]. The molecule has 22 heavy (non-hydrogen) atoms. The van der Waals surface area contributed by atoms with E-state index in [1.807, 2.05) is 0 Å². The smallest absolute Gasteiger partial charge is 0.251 e. The van der Waals surface area contributed by atoms with Gasteiger partial charge in [0.25, 0.3) is 5.56 Å². The van der Waals surface area contributed by atoms with Crippen molar-refractivity contribution in [1.82, 2.24) is 9.55 Å². The Morgan fingerprint density at radius 1 is 1.14 bits per heavy atom. The molecule has 0 radical (unpaired) electrons. The van der Waals surface area contributed by atoms with Gasteiger partial charge in [0.05, 0.1) is 11.1 Å². The molecule has 6 heteroatoms. The zero-order valence-corrected chi connectivity index (χ0v) is 12.0. The van der Waals surface area contributed by atoms with Gasteiger partial charge in [0.15, 0.2) is 5.78 Å². The number of carbonyl (C=O) groups is 2. The number of pyridine rings is 2. The zero-order chi connectivity index (χ0) is 16.2. The average Bonchev–Trinajstić information content (AvgIpc) is 2.46. The summed E-state index contributed by atoms with van der Waals surface area (Å²) in [6.45, 7) is 5.19. The Morgan fingerprint density at radius 3 is 2.45 bits per heavy atom. The second-order valence-corrected chi connectivity index (χ2v) is 5.15. The summed E-state index contributed by atoms with van der Waals surface area (Å²) in [5.41, 5.74) is 0.0572. The highest BCUT2D eigenvalue weighted by molar-refractivity contribution is 6.28. The fraction of sp³-hybridized carbons (Fsp3) is 0.125. The van der Waals surface area contributed by atoms with Crippen LogP contribution >= 0.6 is 0 Å². The van der Waals surface area contributed by atoms with Crippen molar-refractivity contribution in [2.45, 2.75) is 6.92 Å². The lowest BCUT2D eigenvalue weighted by molar-refractivity contribution is 0.0966. The van der Waals surface area contributed by atoms with Crippen molar-refractivity contribution in [1.29, 1.82) is 0 Å². The molecule has 0 spiro atoms. The van der Waals surface area contributed by atoms with Crippen LogP contribution in [-0.2, 0) is 7.05 Å². The second-order valence-electron chi connectivity index (χ2n) is 5.15. The fourth-order valence-electron chi connectivity index (χ4n) is 2.78. The lowest BCUT2D eigenvalue weighted by Crippen LogP contribution is -2.34. The van der Waals surface area contributed by atoms with Gasteiger partial charge in [-0.25, -0.2) is 0 Å². The standard InChI is InChI=1S/C16H12N2O4.H2/c1-4-8-6-10(20)18(3)14-12(8)15(21)11-7(2)5-9(19)17-13(11)16(14)22;/h4-6H,1H2,2-3H3,(H,17,19);1H. The Hall–Kier alpha value is -3.02. The largest absolute Gasteiger partial charge is 0.318 e. The molecule has 1 N–H and O–H groups in total. The van der Waals surface area contributed by atoms with E-state index in [4.69, 9.17) is 0 Å². The average molecular weight is 298 g/mol. The summed E-state index contributed by atoms with van der Waals surface area (Å²) in [6.07, 6.45) is 1.37. The number of aromatic nitrogens is 2. The number of nitrogens with one attached hydrogen (secondary N) is 1. The molecule has 0 aliphatic heterocycles. The minimum Gasteiger partial charge on any atom is -0.318 e. The summed E-state index contributed by atoms with van der Waals surface area (Å²) in [5, 5.41) is 0. The fourth-order valence-corrected chi connectivity index (χ4v) is 2.78. The van der Waals surface area contributed by atoms with Crippen molar-refractivity contribution in [3.05, 3.63) is 73.1 Å². The summed E-state index contributed by atoms with van der Waals surface area (Å²) in [6, 6.07) is 2.54. The van der Waals surface area contributed by atoms with Crippen LogP contribution in [0.1, 0.15) is 44.7 Å². The Kier molecular flexibility index (Phi) is 2.84. The van der Waals surface area contributed by atoms with Crippen LogP contribution in [0.15, 0.2) is 28.3 Å². The number of hydrogen-bond acceptors (Lipinski definition) is 4. The van der Waals surface area contributed by atoms with E-state index in [0.29, 0.717) is 11.1 Å². The summed E-state index contributed by atoms with van der Waals surface area (Å²) < 4.78 is 1.12. The van der Waals surface area contributed by atoms with Gasteiger partial charge in [-0.2, -0.15) is 0 Å². The van der Waals surface area contributed by atoms with E-state index < -0.39 is 22.7 Å². The second kappa shape index (κ2) is 4.49. The predicted octanol–water partition coefficient (Wildman–Crippen LogP) is 1.05. The number of rotatable bonds is 1. The van der Waals surface area contributed by atoms with Crippen LogP contribution < -0.4 is 11.1 Å². The maximum atomic E-state index is 12.8. The Labute approximate surface area is 126 Å². The first-order valence-corrected chi connectivity index (χ1v) is 6.56. The van der Waals surface area contributed by atoms with E-state index >= 15 is 0 Å². The number of aryl methyl sites for hydroxylation is 1. The minimum atomic E-state index is -0.547. The van der Waals surface area contributed by atoms with Gasteiger partial charge < -0.3 is 9.55 Å². The third-order valence-corrected chi connectivity index (χ3v) is 3.83. The Bertz CT molecular complexity index is 998. The van der Waals surface area contributed by atoms with Gasteiger partial charge in [-0.15, -0.1) is 0 Å². The van der Waals surface area contributed by atoms with Crippen LogP contribution in [0.2, 0.25) is 0 Å². The van der Waals surface area contributed by atoms with Gasteiger partial charge in [0.2, 0.25) is 11.3 Å². The third-order valence-electron chi connectivity index (χ3n) is 3.83. The molecule has 0 fully saturated rings. The number of ketones is 2. The maximum Gasteiger partial charge on any atom is 0.251 e. The normalized spacial score (nSPS) is 12.8. The van der Waals surface area contributed by atoms with Gasteiger partial charge in [-0.05, 0) is 18.1 Å². The molecule has 6 nitrogen and oxygen atoms in total. The molecule has 3 rings (SSSR count). The van der Waals surface area contributed by atoms with Crippen molar-refractivity contribution in [2.24, 2.45) is 7.05 Å². The maximum absolute atomic E-state index is 12.8. The van der Waals surface area contributed by atoms with Crippen LogP contribution in [0.3, 0.4) is 0 Å². The van der Waals surface area contributed by atoms with E-state index in [1.54, 1.807) is 6.92 Å².